The monoisotopic (exact) mass is 358 g/mol. The maximum atomic E-state index is 3.98. The molecule has 3 saturated carbocycles. The van der Waals surface area contributed by atoms with E-state index in [1.807, 2.05) is 0 Å². The van der Waals surface area contributed by atoms with E-state index in [4.69, 9.17) is 0 Å². The van der Waals surface area contributed by atoms with Crippen molar-refractivity contribution in [1.82, 2.24) is 0 Å². The predicted octanol–water partition coefficient (Wildman–Crippen LogP) is 8.56. The Labute approximate surface area is 164 Å². The van der Waals surface area contributed by atoms with Gasteiger partial charge in [0.05, 0.1) is 0 Å². The molecule has 26 heavy (non-hydrogen) atoms. The topological polar surface area (TPSA) is 0 Å². The van der Waals surface area contributed by atoms with Gasteiger partial charge in [-0.05, 0) is 86.9 Å². The Hall–Kier alpha value is -0.260. The van der Waals surface area contributed by atoms with E-state index < -0.39 is 0 Å². The molecule has 0 saturated heterocycles. The van der Waals surface area contributed by atoms with Crippen molar-refractivity contribution in [3.8, 4) is 0 Å². The van der Waals surface area contributed by atoms with Crippen molar-refractivity contribution in [2.75, 3.05) is 0 Å². The number of hydrogen-bond donors (Lipinski definition) is 0. The van der Waals surface area contributed by atoms with Gasteiger partial charge < -0.3 is 0 Å². The average Bonchev–Trinajstić information content (AvgIpc) is 2.72. The van der Waals surface area contributed by atoms with Crippen molar-refractivity contribution in [2.45, 2.75) is 116 Å². The minimum absolute atomic E-state index is 0.832. The molecule has 0 heteroatoms. The molecule has 0 radical (unpaired) electrons. The largest absolute Gasteiger partial charge is 0.103 e. The molecule has 0 amide bonds. The maximum Gasteiger partial charge on any atom is -0.0236 e. The Kier molecular flexibility index (Phi) is 8.60. The van der Waals surface area contributed by atoms with Gasteiger partial charge in [0.25, 0.3) is 0 Å². The van der Waals surface area contributed by atoms with Crippen LogP contribution in [0.25, 0.3) is 0 Å². The van der Waals surface area contributed by atoms with Crippen LogP contribution in [-0.4, -0.2) is 0 Å². The molecule has 0 nitrogen and oxygen atoms in total. The molecule has 0 aromatic carbocycles. The van der Waals surface area contributed by atoms with E-state index in [9.17, 15) is 0 Å². The van der Waals surface area contributed by atoms with Crippen LogP contribution in [-0.2, 0) is 0 Å². The normalized spacial score (nSPS) is 38.8. The lowest BCUT2D eigenvalue weighted by Gasteiger charge is -2.37. The van der Waals surface area contributed by atoms with Crippen LogP contribution < -0.4 is 0 Å². The zero-order valence-electron chi connectivity index (χ0n) is 17.8. The molecule has 0 atom stereocenters. The minimum atomic E-state index is 0.832. The van der Waals surface area contributed by atoms with E-state index in [1.54, 1.807) is 38.5 Å². The van der Waals surface area contributed by atoms with Crippen LogP contribution in [0.5, 0.6) is 0 Å². The molecule has 3 rings (SSSR count). The van der Waals surface area contributed by atoms with Gasteiger partial charge in [-0.1, -0.05) is 70.8 Å². The maximum absolute atomic E-state index is 3.98. The summed E-state index contributed by atoms with van der Waals surface area (Å²) in [4.78, 5) is 0. The van der Waals surface area contributed by atoms with E-state index in [-0.39, 0.29) is 0 Å². The molecule has 3 fully saturated rings. The highest BCUT2D eigenvalue weighted by Crippen LogP contribution is 2.43. The van der Waals surface area contributed by atoms with Crippen molar-refractivity contribution in [3.63, 3.8) is 0 Å². The summed E-state index contributed by atoms with van der Waals surface area (Å²) >= 11 is 0. The first-order valence-corrected chi connectivity index (χ1v) is 12.4. The third-order valence-corrected chi connectivity index (χ3v) is 8.73. The van der Waals surface area contributed by atoms with Crippen molar-refractivity contribution in [2.24, 2.45) is 35.5 Å². The third-order valence-electron chi connectivity index (χ3n) is 8.73. The number of allylic oxidation sites excluding steroid dienone is 1. The summed E-state index contributed by atoms with van der Waals surface area (Å²) in [6, 6.07) is 0. The van der Waals surface area contributed by atoms with Crippen molar-refractivity contribution < 1.29 is 0 Å². The van der Waals surface area contributed by atoms with Gasteiger partial charge in [0.2, 0.25) is 0 Å². The third kappa shape index (κ3) is 6.13. The van der Waals surface area contributed by atoms with Crippen LogP contribution in [0.1, 0.15) is 116 Å². The second kappa shape index (κ2) is 10.9. The molecule has 150 valence electrons. The summed E-state index contributed by atoms with van der Waals surface area (Å²) in [5.41, 5.74) is 0. The quantitative estimate of drug-likeness (QED) is 0.301. The lowest BCUT2D eigenvalue weighted by molar-refractivity contribution is 0.141. The molecular formula is C26H46. The highest BCUT2D eigenvalue weighted by atomic mass is 14.4. The zero-order chi connectivity index (χ0) is 18.2. The van der Waals surface area contributed by atoms with Gasteiger partial charge in [-0.25, -0.2) is 0 Å². The van der Waals surface area contributed by atoms with Gasteiger partial charge in [-0.2, -0.15) is 0 Å². The van der Waals surface area contributed by atoms with Crippen LogP contribution in [0.3, 0.4) is 0 Å². The molecule has 3 aliphatic carbocycles. The van der Waals surface area contributed by atoms with Crippen LogP contribution in [0.2, 0.25) is 0 Å². The molecule has 0 unspecified atom stereocenters. The SMILES string of the molecule is C=C[C@H]1CC[C@H](CCCCC2CCC([C@H]3CC[C@H](CC)CC3)CC2)CC1. The van der Waals surface area contributed by atoms with Crippen molar-refractivity contribution in [3.05, 3.63) is 12.7 Å². The van der Waals surface area contributed by atoms with Gasteiger partial charge in [0, 0.05) is 0 Å². The Balaban J connectivity index is 1.23. The van der Waals surface area contributed by atoms with E-state index in [2.05, 4.69) is 19.6 Å². The number of hydrogen-bond acceptors (Lipinski definition) is 0. The Morgan fingerprint density at radius 1 is 0.615 bits per heavy atom. The molecule has 0 spiro atoms. The summed E-state index contributed by atoms with van der Waals surface area (Å²) in [6.07, 6.45) is 27.9. The summed E-state index contributed by atoms with van der Waals surface area (Å²) in [5.74, 6) is 6.22. The molecule has 0 aromatic rings. The fraction of sp³-hybridized carbons (Fsp3) is 0.923. The van der Waals surface area contributed by atoms with Crippen LogP contribution in [0.4, 0.5) is 0 Å². The predicted molar refractivity (Wildman–Crippen MR) is 115 cm³/mol. The first-order chi connectivity index (χ1) is 12.8. The second-order valence-electron chi connectivity index (χ2n) is 10.3. The smallest absolute Gasteiger partial charge is 0.0236 e. The first kappa shape index (κ1) is 20.5. The van der Waals surface area contributed by atoms with Gasteiger partial charge in [0.1, 0.15) is 0 Å². The van der Waals surface area contributed by atoms with E-state index in [0.29, 0.717) is 0 Å². The zero-order valence-corrected chi connectivity index (χ0v) is 17.8. The fourth-order valence-corrected chi connectivity index (χ4v) is 6.59. The minimum Gasteiger partial charge on any atom is -0.103 e. The first-order valence-electron chi connectivity index (χ1n) is 12.4. The van der Waals surface area contributed by atoms with Crippen LogP contribution >= 0.6 is 0 Å². The Morgan fingerprint density at radius 2 is 1.04 bits per heavy atom. The summed E-state index contributed by atoms with van der Waals surface area (Å²) < 4.78 is 0. The highest BCUT2D eigenvalue weighted by Gasteiger charge is 2.30. The molecule has 0 aliphatic heterocycles. The molecule has 0 N–H and O–H groups in total. The van der Waals surface area contributed by atoms with Gasteiger partial charge in [0.15, 0.2) is 0 Å². The summed E-state index contributed by atoms with van der Waals surface area (Å²) in [5, 5.41) is 0. The van der Waals surface area contributed by atoms with Crippen molar-refractivity contribution in [1.29, 1.82) is 0 Å². The number of unbranched alkanes of at least 4 members (excludes halogenated alkanes) is 1. The highest BCUT2D eigenvalue weighted by molar-refractivity contribution is 4.84. The molecule has 3 aliphatic rings. The number of rotatable bonds is 8. The van der Waals surface area contributed by atoms with E-state index in [0.717, 1.165) is 35.5 Å². The average molecular weight is 359 g/mol. The van der Waals surface area contributed by atoms with Crippen LogP contribution in [0, 0.1) is 35.5 Å². The lowest BCUT2D eigenvalue weighted by Crippen LogP contribution is -2.25. The Morgan fingerprint density at radius 3 is 1.46 bits per heavy atom. The van der Waals surface area contributed by atoms with Gasteiger partial charge >= 0.3 is 0 Å². The lowest BCUT2D eigenvalue weighted by atomic mass is 9.68. The van der Waals surface area contributed by atoms with Crippen LogP contribution in [0.15, 0.2) is 12.7 Å². The van der Waals surface area contributed by atoms with Gasteiger partial charge in [-0.3, -0.25) is 0 Å². The van der Waals surface area contributed by atoms with Crippen molar-refractivity contribution >= 4 is 0 Å². The fourth-order valence-electron chi connectivity index (χ4n) is 6.59. The molecule has 0 aromatic heterocycles. The molecular weight excluding hydrogens is 312 g/mol. The standard InChI is InChI=1S/C26H46/c1-3-21-9-11-23(12-10-21)7-5-6-8-24-15-19-26(20-16-24)25-17-13-22(4-2)14-18-25/h3,21-26H,1,4-20H2,2H3/t21-,22-,23-,24?,25-,26?. The molecule has 0 heterocycles. The summed E-state index contributed by atoms with van der Waals surface area (Å²) in [7, 11) is 0. The Bertz CT molecular complexity index is 373. The summed E-state index contributed by atoms with van der Waals surface area (Å²) in [6.45, 7) is 6.37. The van der Waals surface area contributed by atoms with E-state index >= 15 is 0 Å². The van der Waals surface area contributed by atoms with Gasteiger partial charge in [-0.15, -0.1) is 6.58 Å². The molecule has 0 bridgehead atoms. The second-order valence-corrected chi connectivity index (χ2v) is 10.3. The van der Waals surface area contributed by atoms with E-state index in [1.165, 1.54) is 70.6 Å².